The molecule has 0 atom stereocenters. The van der Waals surface area contributed by atoms with Gasteiger partial charge >= 0.3 is 0 Å². The molecule has 29 heavy (non-hydrogen) atoms. The van der Waals surface area contributed by atoms with E-state index in [9.17, 15) is 4.79 Å². The first kappa shape index (κ1) is 18.0. The molecule has 1 aliphatic carbocycles. The number of hydrogen-bond acceptors (Lipinski definition) is 5. The first-order valence-electron chi connectivity index (χ1n) is 9.54. The molecule has 4 aromatic rings. The Labute approximate surface area is 173 Å². The molecule has 1 fully saturated rings. The van der Waals surface area contributed by atoms with Crippen molar-refractivity contribution in [2.75, 3.05) is 7.11 Å². The Morgan fingerprint density at radius 2 is 1.97 bits per heavy atom. The lowest BCUT2D eigenvalue weighted by Gasteiger charge is -2.09. The van der Waals surface area contributed by atoms with Crippen LogP contribution in [0.5, 0.6) is 5.75 Å². The van der Waals surface area contributed by atoms with Gasteiger partial charge in [-0.15, -0.1) is 12.6 Å². The molecule has 146 valence electrons. The van der Waals surface area contributed by atoms with Crippen LogP contribution in [0.3, 0.4) is 0 Å². The van der Waals surface area contributed by atoms with Crippen LogP contribution in [-0.2, 0) is 6.54 Å². The smallest absolute Gasteiger partial charge is 0.275 e. The van der Waals surface area contributed by atoms with E-state index in [4.69, 9.17) is 4.74 Å². The number of methoxy groups -OCH3 is 1. The molecule has 0 aliphatic heterocycles. The van der Waals surface area contributed by atoms with Crippen LogP contribution >= 0.6 is 12.6 Å². The molecule has 2 aromatic carbocycles. The number of ether oxygens (including phenoxy) is 1. The molecule has 1 saturated carbocycles. The summed E-state index contributed by atoms with van der Waals surface area (Å²) < 4.78 is 8.61. The van der Waals surface area contributed by atoms with E-state index in [1.165, 1.54) is 17.5 Å². The zero-order valence-electron chi connectivity index (χ0n) is 15.9. The van der Waals surface area contributed by atoms with E-state index in [1.807, 2.05) is 53.2 Å². The lowest BCUT2D eigenvalue weighted by molar-refractivity contribution is 0.414. The first-order valence-corrected chi connectivity index (χ1v) is 9.98. The third-order valence-electron chi connectivity index (χ3n) is 5.31. The second kappa shape index (κ2) is 7.08. The van der Waals surface area contributed by atoms with Gasteiger partial charge < -0.3 is 4.74 Å². The summed E-state index contributed by atoms with van der Waals surface area (Å²) in [6, 6.07) is 13.4. The SMILES string of the molecule is COc1ccc(Cn2ncc3ccc(-n4cc(C5CC5)nc4S)cc3c2=O)cc1. The van der Waals surface area contributed by atoms with Gasteiger partial charge in [-0.2, -0.15) is 5.10 Å². The second-order valence-corrected chi connectivity index (χ2v) is 7.74. The molecule has 7 heteroatoms. The summed E-state index contributed by atoms with van der Waals surface area (Å²) in [5, 5.41) is 6.41. The molecule has 2 aromatic heterocycles. The van der Waals surface area contributed by atoms with Crippen LogP contribution < -0.4 is 10.3 Å². The van der Waals surface area contributed by atoms with Gasteiger partial charge in [0.1, 0.15) is 5.75 Å². The number of fused-ring (bicyclic) bond motifs is 1. The fourth-order valence-corrected chi connectivity index (χ4v) is 3.77. The van der Waals surface area contributed by atoms with Crippen LogP contribution in [-0.4, -0.2) is 26.4 Å². The highest BCUT2D eigenvalue weighted by Gasteiger charge is 2.27. The summed E-state index contributed by atoms with van der Waals surface area (Å²) in [7, 11) is 1.63. The molecule has 0 amide bonds. The summed E-state index contributed by atoms with van der Waals surface area (Å²) in [5.74, 6) is 1.33. The Morgan fingerprint density at radius 3 is 2.69 bits per heavy atom. The van der Waals surface area contributed by atoms with Crippen molar-refractivity contribution in [2.24, 2.45) is 0 Å². The minimum Gasteiger partial charge on any atom is -0.497 e. The number of rotatable bonds is 5. The van der Waals surface area contributed by atoms with E-state index in [2.05, 4.69) is 22.7 Å². The number of benzene rings is 2. The minimum absolute atomic E-state index is 0.122. The number of hydrogen-bond donors (Lipinski definition) is 1. The van der Waals surface area contributed by atoms with Gasteiger partial charge in [0.05, 0.1) is 30.9 Å². The topological polar surface area (TPSA) is 61.9 Å². The molecule has 0 unspecified atom stereocenters. The number of nitrogens with zero attached hydrogens (tertiary/aromatic N) is 4. The first-order chi connectivity index (χ1) is 14.1. The maximum atomic E-state index is 13.1. The summed E-state index contributed by atoms with van der Waals surface area (Å²) in [5.41, 5.74) is 2.81. The summed E-state index contributed by atoms with van der Waals surface area (Å²) >= 11 is 4.52. The normalized spacial score (nSPS) is 13.7. The van der Waals surface area contributed by atoms with Crippen molar-refractivity contribution in [3.05, 3.63) is 76.5 Å². The van der Waals surface area contributed by atoms with E-state index >= 15 is 0 Å². The van der Waals surface area contributed by atoms with Crippen molar-refractivity contribution in [1.82, 2.24) is 19.3 Å². The molecule has 2 heterocycles. The quantitative estimate of drug-likeness (QED) is 0.514. The van der Waals surface area contributed by atoms with Crippen molar-refractivity contribution >= 4 is 23.4 Å². The average molecular weight is 404 g/mol. The van der Waals surface area contributed by atoms with E-state index in [-0.39, 0.29) is 5.56 Å². The van der Waals surface area contributed by atoms with Crippen molar-refractivity contribution in [1.29, 1.82) is 0 Å². The Balaban J connectivity index is 1.52. The predicted molar refractivity (Wildman–Crippen MR) is 114 cm³/mol. The van der Waals surface area contributed by atoms with Crippen LogP contribution in [0.2, 0.25) is 0 Å². The molecule has 0 N–H and O–H groups in total. The third-order valence-corrected chi connectivity index (χ3v) is 5.62. The molecular formula is C22H20N4O2S. The highest BCUT2D eigenvalue weighted by atomic mass is 32.1. The van der Waals surface area contributed by atoms with Gasteiger partial charge in [0.15, 0.2) is 5.16 Å². The van der Waals surface area contributed by atoms with E-state index in [0.29, 0.717) is 23.0 Å². The van der Waals surface area contributed by atoms with Crippen LogP contribution in [0.25, 0.3) is 16.5 Å². The standard InChI is InChI=1S/C22H20N4O2S/c1-28-18-8-2-14(3-9-18)12-26-21(27)19-10-17(7-6-16(19)11-23-26)25-13-20(15-4-5-15)24-22(25)29/h2-3,6-11,13,15H,4-5,12H2,1H3,(H,24,29). The van der Waals surface area contributed by atoms with Crippen molar-refractivity contribution in [3.63, 3.8) is 0 Å². The number of aromatic nitrogens is 4. The molecule has 6 nitrogen and oxygen atoms in total. The van der Waals surface area contributed by atoms with E-state index in [0.717, 1.165) is 28.1 Å². The molecule has 5 rings (SSSR count). The lowest BCUT2D eigenvalue weighted by Crippen LogP contribution is -2.23. The van der Waals surface area contributed by atoms with Gasteiger partial charge in [0.2, 0.25) is 0 Å². The summed E-state index contributed by atoms with van der Waals surface area (Å²) in [6.45, 7) is 0.401. The molecule has 0 spiro atoms. The Morgan fingerprint density at radius 1 is 1.17 bits per heavy atom. The van der Waals surface area contributed by atoms with Gasteiger partial charge in [-0.1, -0.05) is 18.2 Å². The minimum atomic E-state index is -0.122. The van der Waals surface area contributed by atoms with Crippen LogP contribution in [0.15, 0.2) is 64.8 Å². The largest absolute Gasteiger partial charge is 0.497 e. The Hall–Kier alpha value is -3.06. The monoisotopic (exact) mass is 404 g/mol. The average Bonchev–Trinajstić information content (AvgIpc) is 3.52. The number of thiol groups is 1. The van der Waals surface area contributed by atoms with Crippen LogP contribution in [0, 0.1) is 0 Å². The highest BCUT2D eigenvalue weighted by molar-refractivity contribution is 7.80. The summed E-state index contributed by atoms with van der Waals surface area (Å²) in [4.78, 5) is 17.6. The van der Waals surface area contributed by atoms with E-state index in [1.54, 1.807) is 13.3 Å². The van der Waals surface area contributed by atoms with Gasteiger partial charge in [0, 0.05) is 23.2 Å². The lowest BCUT2D eigenvalue weighted by atomic mass is 10.1. The Bertz CT molecular complexity index is 1260. The molecule has 0 radical (unpaired) electrons. The molecule has 0 bridgehead atoms. The van der Waals surface area contributed by atoms with Crippen molar-refractivity contribution in [3.8, 4) is 11.4 Å². The van der Waals surface area contributed by atoms with Gasteiger partial charge in [-0.05, 0) is 42.7 Å². The third kappa shape index (κ3) is 3.42. The Kier molecular flexibility index (Phi) is 4.39. The zero-order valence-corrected chi connectivity index (χ0v) is 16.8. The molecule has 1 aliphatic rings. The fraction of sp³-hybridized carbons (Fsp3) is 0.227. The van der Waals surface area contributed by atoms with Crippen LogP contribution in [0.4, 0.5) is 0 Å². The van der Waals surface area contributed by atoms with Gasteiger partial charge in [0.25, 0.3) is 5.56 Å². The molecule has 0 saturated heterocycles. The van der Waals surface area contributed by atoms with Crippen molar-refractivity contribution in [2.45, 2.75) is 30.5 Å². The summed E-state index contributed by atoms with van der Waals surface area (Å²) in [6.07, 6.45) is 6.13. The zero-order chi connectivity index (χ0) is 20.0. The fourth-order valence-electron chi connectivity index (χ4n) is 3.49. The van der Waals surface area contributed by atoms with Gasteiger partial charge in [-0.25, -0.2) is 9.67 Å². The molecular weight excluding hydrogens is 384 g/mol. The predicted octanol–water partition coefficient (Wildman–Crippen LogP) is 3.81. The van der Waals surface area contributed by atoms with Crippen molar-refractivity contribution < 1.29 is 4.74 Å². The maximum absolute atomic E-state index is 13.1. The maximum Gasteiger partial charge on any atom is 0.275 e. The van der Waals surface area contributed by atoms with Crippen LogP contribution in [0.1, 0.15) is 30.0 Å². The highest BCUT2D eigenvalue weighted by Crippen LogP contribution is 2.40. The van der Waals surface area contributed by atoms with E-state index < -0.39 is 0 Å². The van der Waals surface area contributed by atoms with Gasteiger partial charge in [-0.3, -0.25) is 9.36 Å². The second-order valence-electron chi connectivity index (χ2n) is 7.34. The number of imidazole rings is 1.